The Morgan fingerprint density at radius 3 is 1.94 bits per heavy atom. The van der Waals surface area contributed by atoms with E-state index in [1.807, 2.05) is 0 Å². The molecule has 5 rings (SSSR count). The van der Waals surface area contributed by atoms with E-state index >= 15 is 0 Å². The molecule has 3 N–H and O–H groups in total. The first kappa shape index (κ1) is 20.4. The van der Waals surface area contributed by atoms with E-state index in [4.69, 9.17) is 0 Å². The lowest BCUT2D eigenvalue weighted by atomic mass is 9.71. The molecule has 164 valence electrons. The van der Waals surface area contributed by atoms with Crippen LogP contribution in [0.1, 0.15) is 69.8 Å². The van der Waals surface area contributed by atoms with E-state index in [0.29, 0.717) is 12.0 Å². The van der Waals surface area contributed by atoms with Crippen molar-refractivity contribution >= 4 is 17.3 Å². The van der Waals surface area contributed by atoms with Crippen LogP contribution in [0.2, 0.25) is 0 Å². The van der Waals surface area contributed by atoms with Crippen LogP contribution in [0, 0.1) is 11.8 Å². The number of hydrogen-bond acceptors (Lipinski definition) is 3. The molecule has 1 aliphatic heterocycles. The molecule has 1 heterocycles. The monoisotopic (exact) mass is 417 g/mol. The van der Waals surface area contributed by atoms with Gasteiger partial charge in [-0.1, -0.05) is 81.0 Å². The number of benzene rings is 2. The first-order valence-electron chi connectivity index (χ1n) is 12.3. The van der Waals surface area contributed by atoms with Gasteiger partial charge in [0.1, 0.15) is 5.66 Å². The predicted molar refractivity (Wildman–Crippen MR) is 127 cm³/mol. The van der Waals surface area contributed by atoms with Crippen molar-refractivity contribution in [3.63, 3.8) is 0 Å². The fraction of sp³-hybridized carbons (Fsp3) is 0.519. The van der Waals surface area contributed by atoms with Crippen molar-refractivity contribution in [2.24, 2.45) is 11.8 Å². The molecule has 4 heteroatoms. The minimum absolute atomic E-state index is 0.162. The molecule has 2 aromatic rings. The quantitative estimate of drug-likeness (QED) is 0.557. The van der Waals surface area contributed by atoms with Crippen LogP contribution in [-0.2, 0) is 10.5 Å². The lowest BCUT2D eigenvalue weighted by molar-refractivity contribution is -0.130. The van der Waals surface area contributed by atoms with E-state index in [9.17, 15) is 4.79 Å². The van der Waals surface area contributed by atoms with Crippen molar-refractivity contribution in [2.75, 3.05) is 10.6 Å². The van der Waals surface area contributed by atoms with Gasteiger partial charge < -0.3 is 16.0 Å². The maximum Gasteiger partial charge on any atom is 0.228 e. The molecule has 1 atom stereocenters. The highest BCUT2D eigenvalue weighted by molar-refractivity contribution is 5.86. The summed E-state index contributed by atoms with van der Waals surface area (Å²) < 4.78 is 0. The number of nitrogens with one attached hydrogen (secondary N) is 3. The summed E-state index contributed by atoms with van der Waals surface area (Å²) in [4.78, 5) is 14.0. The second-order valence-corrected chi connectivity index (χ2v) is 9.69. The van der Waals surface area contributed by atoms with Gasteiger partial charge in [0.25, 0.3) is 0 Å². The molecule has 4 nitrogen and oxygen atoms in total. The van der Waals surface area contributed by atoms with Crippen LogP contribution >= 0.6 is 0 Å². The largest absolute Gasteiger partial charge is 0.357 e. The number of para-hydroxylation sites is 2. The molecule has 2 fully saturated rings. The lowest BCUT2D eigenvalue weighted by Crippen LogP contribution is -2.56. The summed E-state index contributed by atoms with van der Waals surface area (Å²) in [6.45, 7) is 0. The molecular weight excluding hydrogens is 382 g/mol. The highest BCUT2D eigenvalue weighted by Gasteiger charge is 2.51. The first-order valence-corrected chi connectivity index (χ1v) is 12.3. The second kappa shape index (κ2) is 8.94. The van der Waals surface area contributed by atoms with E-state index in [0.717, 1.165) is 42.6 Å². The summed E-state index contributed by atoms with van der Waals surface area (Å²) in [6.07, 6.45) is 11.9. The van der Waals surface area contributed by atoms with Gasteiger partial charge in [-0.05, 0) is 49.3 Å². The Morgan fingerprint density at radius 1 is 0.774 bits per heavy atom. The summed E-state index contributed by atoms with van der Waals surface area (Å²) >= 11 is 0. The van der Waals surface area contributed by atoms with Gasteiger partial charge in [0.05, 0.1) is 17.3 Å². The van der Waals surface area contributed by atoms with Gasteiger partial charge in [0, 0.05) is 6.04 Å². The molecule has 0 aromatic heterocycles. The highest BCUT2D eigenvalue weighted by Crippen LogP contribution is 2.48. The molecule has 0 spiro atoms. The van der Waals surface area contributed by atoms with E-state index in [-0.39, 0.29) is 11.8 Å². The Labute approximate surface area is 186 Å². The smallest absolute Gasteiger partial charge is 0.228 e. The summed E-state index contributed by atoms with van der Waals surface area (Å²) in [6, 6.07) is 19.2. The molecule has 0 bridgehead atoms. The van der Waals surface area contributed by atoms with Crippen molar-refractivity contribution in [3.05, 3.63) is 60.2 Å². The third-order valence-electron chi connectivity index (χ3n) is 7.64. The van der Waals surface area contributed by atoms with Gasteiger partial charge in [-0.2, -0.15) is 0 Å². The van der Waals surface area contributed by atoms with Crippen LogP contribution < -0.4 is 16.0 Å². The molecule has 3 aliphatic rings. The normalized spacial score (nSPS) is 22.1. The zero-order chi connectivity index (χ0) is 21.1. The van der Waals surface area contributed by atoms with Crippen LogP contribution in [0.15, 0.2) is 54.6 Å². The maximum absolute atomic E-state index is 14.0. The van der Waals surface area contributed by atoms with Crippen molar-refractivity contribution in [1.29, 1.82) is 0 Å². The molecule has 0 radical (unpaired) electrons. The SMILES string of the molecule is O=C(NC1CCCCC1)C(C1CCCCC1)C1(c2ccccc2)Nc2ccccc2N1. The van der Waals surface area contributed by atoms with Crippen molar-refractivity contribution in [1.82, 2.24) is 5.32 Å². The van der Waals surface area contributed by atoms with E-state index in [1.165, 1.54) is 38.5 Å². The van der Waals surface area contributed by atoms with Gasteiger partial charge in [-0.3, -0.25) is 4.79 Å². The van der Waals surface area contributed by atoms with Crippen LogP contribution in [-0.4, -0.2) is 11.9 Å². The molecular formula is C27H35N3O. The minimum atomic E-state index is -0.619. The number of carbonyl (C=O) groups excluding carboxylic acids is 1. The number of fused-ring (bicyclic) bond motifs is 1. The van der Waals surface area contributed by atoms with Gasteiger partial charge in [0.2, 0.25) is 5.91 Å². The van der Waals surface area contributed by atoms with Crippen LogP contribution in [0.5, 0.6) is 0 Å². The standard InChI is InChI=1S/C27H35N3O/c31-26(28-22-16-8-3-9-17-22)25(20-12-4-1-5-13-20)27(21-14-6-2-7-15-21)29-23-18-10-11-19-24(23)30-27/h2,6-7,10-11,14-15,18-20,22,25,29-30H,1,3-5,8-9,12-13,16-17H2,(H,28,31). The topological polar surface area (TPSA) is 53.2 Å². The van der Waals surface area contributed by atoms with E-state index in [1.54, 1.807) is 0 Å². The third kappa shape index (κ3) is 4.05. The second-order valence-electron chi connectivity index (χ2n) is 9.69. The molecule has 31 heavy (non-hydrogen) atoms. The lowest BCUT2D eigenvalue weighted by Gasteiger charge is -2.44. The Balaban J connectivity index is 1.54. The van der Waals surface area contributed by atoms with Gasteiger partial charge in [0.15, 0.2) is 0 Å². The van der Waals surface area contributed by atoms with E-state index in [2.05, 4.69) is 70.5 Å². The molecule has 2 aliphatic carbocycles. The minimum Gasteiger partial charge on any atom is -0.357 e. The first-order chi connectivity index (χ1) is 15.3. The highest BCUT2D eigenvalue weighted by atomic mass is 16.2. The number of amides is 1. The number of carbonyl (C=O) groups is 1. The van der Waals surface area contributed by atoms with Crippen molar-refractivity contribution in [3.8, 4) is 0 Å². The van der Waals surface area contributed by atoms with Crippen LogP contribution in [0.25, 0.3) is 0 Å². The average molecular weight is 418 g/mol. The van der Waals surface area contributed by atoms with Crippen LogP contribution in [0.4, 0.5) is 11.4 Å². The molecule has 2 saturated carbocycles. The Bertz CT molecular complexity index is 859. The Morgan fingerprint density at radius 2 is 1.32 bits per heavy atom. The third-order valence-corrected chi connectivity index (χ3v) is 7.64. The Hall–Kier alpha value is -2.49. The molecule has 0 saturated heterocycles. The summed E-state index contributed by atoms with van der Waals surface area (Å²) in [7, 11) is 0. The molecule has 1 amide bonds. The summed E-state index contributed by atoms with van der Waals surface area (Å²) in [5.74, 6) is 0.423. The fourth-order valence-corrected chi connectivity index (χ4v) is 6.11. The predicted octanol–water partition coefficient (Wildman–Crippen LogP) is 6.02. The number of anilines is 2. The summed E-state index contributed by atoms with van der Waals surface area (Å²) in [5.41, 5.74) is 2.68. The van der Waals surface area contributed by atoms with Gasteiger partial charge >= 0.3 is 0 Å². The molecule has 1 unspecified atom stereocenters. The van der Waals surface area contributed by atoms with E-state index < -0.39 is 5.66 Å². The van der Waals surface area contributed by atoms with Crippen molar-refractivity contribution < 1.29 is 4.79 Å². The van der Waals surface area contributed by atoms with Gasteiger partial charge in [-0.15, -0.1) is 0 Å². The zero-order valence-corrected chi connectivity index (χ0v) is 18.4. The Kier molecular flexibility index (Phi) is 5.89. The maximum atomic E-state index is 14.0. The molecule has 2 aromatic carbocycles. The van der Waals surface area contributed by atoms with Crippen LogP contribution in [0.3, 0.4) is 0 Å². The zero-order valence-electron chi connectivity index (χ0n) is 18.4. The number of rotatable bonds is 5. The summed E-state index contributed by atoms with van der Waals surface area (Å²) in [5, 5.41) is 11.1. The fourth-order valence-electron chi connectivity index (χ4n) is 6.11. The number of hydrogen-bond donors (Lipinski definition) is 3. The van der Waals surface area contributed by atoms with Crippen molar-refractivity contribution in [2.45, 2.75) is 75.9 Å². The average Bonchev–Trinajstić information content (AvgIpc) is 3.21. The van der Waals surface area contributed by atoms with Gasteiger partial charge in [-0.25, -0.2) is 0 Å².